The minimum absolute atomic E-state index is 0.0703. The van der Waals surface area contributed by atoms with Crippen molar-refractivity contribution in [1.82, 2.24) is 10.9 Å². The maximum absolute atomic E-state index is 11.7. The lowest BCUT2D eigenvalue weighted by Gasteiger charge is -2.22. The first-order chi connectivity index (χ1) is 10.4. The van der Waals surface area contributed by atoms with Gasteiger partial charge in [0.1, 0.15) is 11.4 Å². The van der Waals surface area contributed by atoms with E-state index in [1.807, 2.05) is 57.2 Å². The number of ether oxygens (including phenoxy) is 1. The molecule has 0 atom stereocenters. The standard InChI is InChI=1S/C18H20N2O2/c1-18(2,3)22-16-9-5-7-14-12(6-4-8-15(14)16)10-13-11-19-20-17(13)21/h4-10,19H,11H2,1-3H3,(H,20,21)/b13-10+. The molecule has 1 aliphatic heterocycles. The molecular formula is C18H20N2O2. The van der Waals surface area contributed by atoms with Gasteiger partial charge in [-0.2, -0.15) is 0 Å². The quantitative estimate of drug-likeness (QED) is 0.838. The van der Waals surface area contributed by atoms with Gasteiger partial charge in [-0.15, -0.1) is 0 Å². The third-order valence-corrected chi connectivity index (χ3v) is 3.43. The van der Waals surface area contributed by atoms with Crippen LogP contribution in [0.1, 0.15) is 26.3 Å². The second kappa shape index (κ2) is 5.46. The van der Waals surface area contributed by atoms with Crippen molar-refractivity contribution in [3.63, 3.8) is 0 Å². The third-order valence-electron chi connectivity index (χ3n) is 3.43. The molecule has 0 aliphatic carbocycles. The van der Waals surface area contributed by atoms with Crippen LogP contribution < -0.4 is 15.6 Å². The van der Waals surface area contributed by atoms with Gasteiger partial charge in [-0.1, -0.05) is 30.3 Å². The molecule has 0 unspecified atom stereocenters. The average molecular weight is 296 g/mol. The SMILES string of the molecule is CC(C)(C)Oc1cccc2c(/C=C3\CNNC3=O)cccc12. The van der Waals surface area contributed by atoms with E-state index in [2.05, 4.69) is 16.9 Å². The molecule has 0 spiro atoms. The van der Waals surface area contributed by atoms with Crippen molar-refractivity contribution in [1.29, 1.82) is 0 Å². The van der Waals surface area contributed by atoms with E-state index in [0.717, 1.165) is 27.7 Å². The van der Waals surface area contributed by atoms with E-state index >= 15 is 0 Å². The van der Waals surface area contributed by atoms with Crippen molar-refractivity contribution in [3.8, 4) is 5.75 Å². The third kappa shape index (κ3) is 2.97. The maximum Gasteiger partial charge on any atom is 0.262 e. The van der Waals surface area contributed by atoms with Crippen LogP contribution >= 0.6 is 0 Å². The molecule has 3 rings (SSSR count). The highest BCUT2D eigenvalue weighted by Crippen LogP contribution is 2.31. The van der Waals surface area contributed by atoms with Crippen LogP contribution in [0.3, 0.4) is 0 Å². The van der Waals surface area contributed by atoms with Gasteiger partial charge in [-0.05, 0) is 43.9 Å². The number of amides is 1. The predicted octanol–water partition coefficient (Wildman–Crippen LogP) is 3.03. The average Bonchev–Trinajstić information content (AvgIpc) is 2.84. The lowest BCUT2D eigenvalue weighted by Crippen LogP contribution is -2.25. The Hall–Kier alpha value is -2.33. The Morgan fingerprint density at radius 2 is 1.82 bits per heavy atom. The van der Waals surface area contributed by atoms with Crippen LogP contribution in [0.4, 0.5) is 0 Å². The molecule has 2 aromatic carbocycles. The summed E-state index contributed by atoms with van der Waals surface area (Å²) in [6, 6.07) is 12.1. The number of fused-ring (bicyclic) bond motifs is 1. The fourth-order valence-electron chi connectivity index (χ4n) is 2.53. The van der Waals surface area contributed by atoms with Gasteiger partial charge in [0, 0.05) is 17.5 Å². The normalized spacial score (nSPS) is 17.0. The molecule has 4 nitrogen and oxygen atoms in total. The Kier molecular flexibility index (Phi) is 3.62. The summed E-state index contributed by atoms with van der Waals surface area (Å²) >= 11 is 0. The molecule has 0 radical (unpaired) electrons. The zero-order valence-corrected chi connectivity index (χ0v) is 13.1. The number of hydrogen-bond acceptors (Lipinski definition) is 3. The smallest absolute Gasteiger partial charge is 0.262 e. The van der Waals surface area contributed by atoms with Crippen molar-refractivity contribution in [2.24, 2.45) is 0 Å². The van der Waals surface area contributed by atoms with Crippen molar-refractivity contribution >= 4 is 22.8 Å². The lowest BCUT2D eigenvalue weighted by molar-refractivity contribution is -0.116. The highest BCUT2D eigenvalue weighted by molar-refractivity contribution is 6.03. The number of hydrogen-bond donors (Lipinski definition) is 2. The first kappa shape index (κ1) is 14.6. The van der Waals surface area contributed by atoms with Gasteiger partial charge in [0.15, 0.2) is 0 Å². The number of carbonyl (C=O) groups is 1. The van der Waals surface area contributed by atoms with E-state index in [4.69, 9.17) is 4.74 Å². The number of nitrogens with one attached hydrogen (secondary N) is 2. The van der Waals surface area contributed by atoms with Gasteiger partial charge < -0.3 is 4.74 Å². The Labute approximate surface area is 130 Å². The second-order valence-electron chi connectivity index (χ2n) is 6.39. The molecule has 1 fully saturated rings. The van der Waals surface area contributed by atoms with Gasteiger partial charge in [0.05, 0.1) is 0 Å². The number of hydrazine groups is 1. The summed E-state index contributed by atoms with van der Waals surface area (Å²) in [5, 5.41) is 2.13. The monoisotopic (exact) mass is 296 g/mol. The van der Waals surface area contributed by atoms with Crippen molar-refractivity contribution in [2.75, 3.05) is 6.54 Å². The minimum Gasteiger partial charge on any atom is -0.488 e. The van der Waals surface area contributed by atoms with Crippen LogP contribution in [0.25, 0.3) is 16.8 Å². The fraction of sp³-hybridized carbons (Fsp3) is 0.278. The van der Waals surface area contributed by atoms with Crippen LogP contribution in [-0.4, -0.2) is 18.1 Å². The molecule has 114 valence electrons. The Morgan fingerprint density at radius 1 is 1.09 bits per heavy atom. The second-order valence-corrected chi connectivity index (χ2v) is 6.39. The van der Waals surface area contributed by atoms with E-state index in [0.29, 0.717) is 6.54 Å². The van der Waals surface area contributed by atoms with Crippen LogP contribution in [-0.2, 0) is 4.79 Å². The summed E-state index contributed by atoms with van der Waals surface area (Å²) in [6.07, 6.45) is 1.93. The topological polar surface area (TPSA) is 50.4 Å². The fourth-order valence-corrected chi connectivity index (χ4v) is 2.53. The van der Waals surface area contributed by atoms with Crippen LogP contribution in [0, 0.1) is 0 Å². The summed E-state index contributed by atoms with van der Waals surface area (Å²) in [5.41, 5.74) is 6.94. The van der Waals surface area contributed by atoms with E-state index in [-0.39, 0.29) is 11.5 Å². The van der Waals surface area contributed by atoms with Crippen LogP contribution in [0.5, 0.6) is 5.75 Å². The van der Waals surface area contributed by atoms with Crippen LogP contribution in [0.15, 0.2) is 42.0 Å². The molecule has 1 amide bonds. The number of benzene rings is 2. The van der Waals surface area contributed by atoms with E-state index in [9.17, 15) is 4.79 Å². The summed E-state index contributed by atoms with van der Waals surface area (Å²) < 4.78 is 6.05. The first-order valence-electron chi connectivity index (χ1n) is 7.38. The molecule has 0 aromatic heterocycles. The van der Waals surface area contributed by atoms with Crippen LogP contribution in [0.2, 0.25) is 0 Å². The molecule has 1 heterocycles. The minimum atomic E-state index is -0.252. The zero-order valence-electron chi connectivity index (χ0n) is 13.1. The van der Waals surface area contributed by atoms with Gasteiger partial charge in [0.25, 0.3) is 5.91 Å². The largest absolute Gasteiger partial charge is 0.488 e. The Morgan fingerprint density at radius 3 is 2.50 bits per heavy atom. The molecule has 2 N–H and O–H groups in total. The molecular weight excluding hydrogens is 276 g/mol. The summed E-state index contributed by atoms with van der Waals surface area (Å²) in [4.78, 5) is 11.7. The van der Waals surface area contributed by atoms with E-state index in [1.54, 1.807) is 0 Å². The van der Waals surface area contributed by atoms with Gasteiger partial charge in [-0.3, -0.25) is 10.2 Å². The predicted molar refractivity (Wildman–Crippen MR) is 88.5 cm³/mol. The number of carbonyl (C=O) groups excluding carboxylic acids is 1. The van der Waals surface area contributed by atoms with E-state index < -0.39 is 0 Å². The van der Waals surface area contributed by atoms with Crippen molar-refractivity contribution in [3.05, 3.63) is 47.5 Å². The van der Waals surface area contributed by atoms with Gasteiger partial charge in [-0.25, -0.2) is 5.43 Å². The van der Waals surface area contributed by atoms with Gasteiger partial charge >= 0.3 is 0 Å². The van der Waals surface area contributed by atoms with Crippen molar-refractivity contribution in [2.45, 2.75) is 26.4 Å². The van der Waals surface area contributed by atoms with Crippen molar-refractivity contribution < 1.29 is 9.53 Å². The van der Waals surface area contributed by atoms with E-state index in [1.165, 1.54) is 0 Å². The Balaban J connectivity index is 2.10. The Bertz CT molecular complexity index is 757. The highest BCUT2D eigenvalue weighted by atomic mass is 16.5. The first-order valence-corrected chi connectivity index (χ1v) is 7.38. The zero-order chi connectivity index (χ0) is 15.7. The van der Waals surface area contributed by atoms with Gasteiger partial charge in [0.2, 0.25) is 0 Å². The molecule has 0 saturated carbocycles. The summed E-state index contributed by atoms with van der Waals surface area (Å²) in [5.74, 6) is 0.790. The highest BCUT2D eigenvalue weighted by Gasteiger charge is 2.17. The molecule has 4 heteroatoms. The lowest BCUT2D eigenvalue weighted by atomic mass is 10.0. The summed E-state index contributed by atoms with van der Waals surface area (Å²) in [6.45, 7) is 6.64. The summed E-state index contributed by atoms with van der Waals surface area (Å²) in [7, 11) is 0. The number of rotatable bonds is 2. The molecule has 0 bridgehead atoms. The molecule has 22 heavy (non-hydrogen) atoms. The molecule has 1 saturated heterocycles. The molecule has 1 aliphatic rings. The molecule has 2 aromatic rings. The maximum atomic E-state index is 11.7.